The lowest BCUT2D eigenvalue weighted by Gasteiger charge is -1.93. The summed E-state index contributed by atoms with van der Waals surface area (Å²) in [7, 11) is 0. The van der Waals surface area contributed by atoms with Crippen molar-refractivity contribution < 1.29 is 19.4 Å². The zero-order valence-corrected chi connectivity index (χ0v) is 4.13. The van der Waals surface area contributed by atoms with Gasteiger partial charge in [0.25, 0.3) is 0 Å². The number of halogens is 1. The fourth-order valence-corrected chi connectivity index (χ4v) is 0.231. The predicted molar refractivity (Wildman–Crippen MR) is 22.3 cm³/mol. The molecule has 0 aliphatic carbocycles. The van der Waals surface area contributed by atoms with E-state index in [-0.39, 0.29) is 6.42 Å². The van der Waals surface area contributed by atoms with Gasteiger partial charge in [-0.2, -0.15) is 0 Å². The van der Waals surface area contributed by atoms with E-state index in [1.54, 1.807) is 0 Å². The molecule has 0 heterocycles. The number of hydrogen-bond acceptors (Lipinski definition) is 2. The molecule has 0 aromatic rings. The van der Waals surface area contributed by atoms with E-state index in [9.17, 15) is 14.3 Å². The third-order valence-electron chi connectivity index (χ3n) is 0.638. The van der Waals surface area contributed by atoms with Gasteiger partial charge in [-0.05, 0) is 0 Å². The zero-order chi connectivity index (χ0) is 6.57. The maximum atomic E-state index is 11.7. The summed E-state index contributed by atoms with van der Waals surface area (Å²) < 4.78 is 11.7. The number of carbonyl (C=O) groups excluding carboxylic acids is 1. The molecule has 0 rings (SSSR count). The molecule has 0 fully saturated rings. The average Bonchev–Trinajstić information content (AvgIpc) is 1.67. The van der Waals surface area contributed by atoms with Gasteiger partial charge in [-0.15, -0.1) is 0 Å². The summed E-state index contributed by atoms with van der Waals surface area (Å²) in [5.41, 5.74) is 0. The Morgan fingerprint density at radius 3 is 2.38 bits per heavy atom. The second-order valence-electron chi connectivity index (χ2n) is 1.30. The van der Waals surface area contributed by atoms with Gasteiger partial charge in [0.05, 0.1) is 0 Å². The summed E-state index contributed by atoms with van der Waals surface area (Å²) in [4.78, 5) is 9.49. The lowest BCUT2D eigenvalue weighted by Crippen LogP contribution is -2.14. The standard InChI is InChI=1S/C4H6FO3/c5-3(1-2-6)4(7)8/h3,6H,1-2H2. The first-order valence-electron chi connectivity index (χ1n) is 2.14. The largest absolute Gasteiger partial charge is 0.396 e. The van der Waals surface area contributed by atoms with Crippen LogP contribution in [-0.4, -0.2) is 23.9 Å². The van der Waals surface area contributed by atoms with Gasteiger partial charge in [-0.25, -0.2) is 14.3 Å². The summed E-state index contributed by atoms with van der Waals surface area (Å²) >= 11 is 0. The fourth-order valence-electron chi connectivity index (χ4n) is 0.231. The van der Waals surface area contributed by atoms with Crippen molar-refractivity contribution in [2.24, 2.45) is 0 Å². The van der Waals surface area contributed by atoms with Gasteiger partial charge >= 0.3 is 5.97 Å². The Labute approximate surface area is 45.7 Å². The Morgan fingerprint density at radius 2 is 2.25 bits per heavy atom. The molecule has 1 atom stereocenters. The third kappa shape index (κ3) is 2.52. The van der Waals surface area contributed by atoms with Crippen LogP contribution in [0, 0.1) is 0 Å². The molecule has 0 aromatic carbocycles. The van der Waals surface area contributed by atoms with Gasteiger partial charge in [-0.1, -0.05) is 0 Å². The van der Waals surface area contributed by atoms with E-state index in [0.717, 1.165) is 0 Å². The summed E-state index contributed by atoms with van der Waals surface area (Å²) in [5.74, 6) is -1.76. The Morgan fingerprint density at radius 1 is 1.75 bits per heavy atom. The van der Waals surface area contributed by atoms with Crippen molar-refractivity contribution >= 4 is 5.97 Å². The molecule has 0 bridgehead atoms. The number of hydrogen-bond donors (Lipinski definition) is 1. The molecule has 0 aliphatic rings. The quantitative estimate of drug-likeness (QED) is 0.555. The molecule has 1 radical (unpaired) electrons. The smallest absolute Gasteiger partial charge is 0.389 e. The molecule has 3 nitrogen and oxygen atoms in total. The predicted octanol–water partition coefficient (Wildman–Crippen LogP) is -0.336. The van der Waals surface area contributed by atoms with Crippen LogP contribution in [0.3, 0.4) is 0 Å². The molecule has 8 heavy (non-hydrogen) atoms. The first-order chi connectivity index (χ1) is 3.68. The second kappa shape index (κ2) is 3.37. The van der Waals surface area contributed by atoms with Crippen molar-refractivity contribution in [3.05, 3.63) is 0 Å². The maximum Gasteiger partial charge on any atom is 0.389 e. The summed E-state index contributed by atoms with van der Waals surface area (Å²) in [5, 5.41) is 17.4. The van der Waals surface area contributed by atoms with Crippen LogP contribution >= 0.6 is 0 Å². The minimum absolute atomic E-state index is 0.387. The lowest BCUT2D eigenvalue weighted by molar-refractivity contribution is -0.149. The summed E-state index contributed by atoms with van der Waals surface area (Å²) in [6.45, 7) is -0.463. The van der Waals surface area contributed by atoms with Gasteiger partial charge in [0.2, 0.25) is 6.17 Å². The van der Waals surface area contributed by atoms with Crippen LogP contribution in [0.25, 0.3) is 0 Å². The Kier molecular flexibility index (Phi) is 3.10. The van der Waals surface area contributed by atoms with Crippen LogP contribution in [0.2, 0.25) is 0 Å². The highest BCUT2D eigenvalue weighted by atomic mass is 19.1. The highest BCUT2D eigenvalue weighted by Gasteiger charge is 2.15. The molecular weight excluding hydrogens is 115 g/mol. The lowest BCUT2D eigenvalue weighted by atomic mass is 10.3. The Balaban J connectivity index is 3.32. The van der Waals surface area contributed by atoms with E-state index in [0.29, 0.717) is 0 Å². The number of aliphatic hydroxyl groups is 1. The Bertz CT molecular complexity index is 83.4. The van der Waals surface area contributed by atoms with E-state index in [2.05, 4.69) is 0 Å². The van der Waals surface area contributed by atoms with Crippen LogP contribution in [0.5, 0.6) is 0 Å². The van der Waals surface area contributed by atoms with Gasteiger partial charge in [0, 0.05) is 13.0 Å². The number of rotatable bonds is 3. The number of alkyl halides is 1. The van der Waals surface area contributed by atoms with E-state index < -0.39 is 18.7 Å². The molecular formula is C4H6FO3. The van der Waals surface area contributed by atoms with Crippen molar-refractivity contribution in [2.45, 2.75) is 12.6 Å². The summed E-state index contributed by atoms with van der Waals surface area (Å²) in [6.07, 6.45) is -2.41. The first kappa shape index (κ1) is 7.36. The minimum Gasteiger partial charge on any atom is -0.396 e. The van der Waals surface area contributed by atoms with Gasteiger partial charge in [0.1, 0.15) is 0 Å². The molecule has 0 spiro atoms. The van der Waals surface area contributed by atoms with Gasteiger partial charge < -0.3 is 5.11 Å². The second-order valence-corrected chi connectivity index (χ2v) is 1.30. The molecule has 0 amide bonds. The van der Waals surface area contributed by atoms with Crippen molar-refractivity contribution in [1.82, 2.24) is 0 Å². The SMILES string of the molecule is [O]C(=O)C(F)CCO. The van der Waals surface area contributed by atoms with Crippen molar-refractivity contribution in [1.29, 1.82) is 0 Å². The average molecular weight is 121 g/mol. The van der Waals surface area contributed by atoms with E-state index in [1.807, 2.05) is 0 Å². The molecule has 0 aliphatic heterocycles. The molecule has 0 aromatic heterocycles. The van der Waals surface area contributed by atoms with Crippen LogP contribution in [0.15, 0.2) is 0 Å². The van der Waals surface area contributed by atoms with Crippen LogP contribution in [0.1, 0.15) is 6.42 Å². The molecule has 47 valence electrons. The zero-order valence-electron chi connectivity index (χ0n) is 4.13. The van der Waals surface area contributed by atoms with E-state index >= 15 is 0 Å². The topological polar surface area (TPSA) is 57.2 Å². The highest BCUT2D eigenvalue weighted by Crippen LogP contribution is 1.95. The normalized spacial score (nSPS) is 13.2. The Hall–Kier alpha value is -0.640. The molecule has 0 saturated heterocycles. The first-order valence-corrected chi connectivity index (χ1v) is 2.14. The van der Waals surface area contributed by atoms with Crippen molar-refractivity contribution in [3.63, 3.8) is 0 Å². The molecule has 4 heteroatoms. The third-order valence-corrected chi connectivity index (χ3v) is 0.638. The molecule has 0 saturated carbocycles. The minimum atomic E-state index is -2.03. The van der Waals surface area contributed by atoms with E-state index in [1.165, 1.54) is 0 Å². The summed E-state index contributed by atoms with van der Waals surface area (Å²) in [6, 6.07) is 0. The highest BCUT2D eigenvalue weighted by molar-refractivity contribution is 5.71. The maximum absolute atomic E-state index is 11.7. The van der Waals surface area contributed by atoms with Crippen LogP contribution in [-0.2, 0) is 9.90 Å². The molecule has 1 N–H and O–H groups in total. The van der Waals surface area contributed by atoms with Gasteiger partial charge in [-0.3, -0.25) is 0 Å². The number of carbonyl (C=O) groups is 1. The van der Waals surface area contributed by atoms with Crippen LogP contribution < -0.4 is 0 Å². The number of aliphatic hydroxyl groups excluding tert-OH is 1. The van der Waals surface area contributed by atoms with Crippen LogP contribution in [0.4, 0.5) is 4.39 Å². The van der Waals surface area contributed by atoms with Crippen molar-refractivity contribution in [2.75, 3.05) is 6.61 Å². The molecule has 1 unspecified atom stereocenters. The fraction of sp³-hybridized carbons (Fsp3) is 0.750. The van der Waals surface area contributed by atoms with Crippen molar-refractivity contribution in [3.8, 4) is 0 Å². The van der Waals surface area contributed by atoms with E-state index in [4.69, 9.17) is 5.11 Å². The van der Waals surface area contributed by atoms with Gasteiger partial charge in [0.15, 0.2) is 0 Å². The monoisotopic (exact) mass is 121 g/mol.